The van der Waals surface area contributed by atoms with E-state index in [2.05, 4.69) is 5.32 Å². The van der Waals surface area contributed by atoms with Crippen LogP contribution in [0.3, 0.4) is 0 Å². The second-order valence-electron chi connectivity index (χ2n) is 3.73. The molecule has 0 aliphatic rings. The van der Waals surface area contributed by atoms with Crippen molar-refractivity contribution in [3.8, 4) is 0 Å². The van der Waals surface area contributed by atoms with Crippen molar-refractivity contribution < 1.29 is 17.9 Å². The fourth-order valence-corrected chi connectivity index (χ4v) is 1.83. The second-order valence-corrected chi connectivity index (χ2v) is 3.73. The third kappa shape index (κ3) is 2.16. The third-order valence-corrected chi connectivity index (χ3v) is 2.52. The van der Waals surface area contributed by atoms with Crippen molar-refractivity contribution in [1.82, 2.24) is 5.32 Å². The summed E-state index contributed by atoms with van der Waals surface area (Å²) in [6.07, 6.45) is 0. The van der Waals surface area contributed by atoms with E-state index in [1.165, 1.54) is 13.2 Å². The van der Waals surface area contributed by atoms with Crippen LogP contribution in [-0.2, 0) is 17.9 Å². The monoisotopic (exact) mass is 241 g/mol. The molecule has 1 aromatic carbocycles. The van der Waals surface area contributed by atoms with E-state index in [4.69, 9.17) is 9.15 Å². The molecule has 0 spiro atoms. The van der Waals surface area contributed by atoms with Crippen LogP contribution in [0, 0.1) is 11.6 Å². The summed E-state index contributed by atoms with van der Waals surface area (Å²) in [6.45, 7) is 0.696. The number of fused-ring (bicyclic) bond motifs is 1. The van der Waals surface area contributed by atoms with Crippen molar-refractivity contribution in [2.75, 3.05) is 14.2 Å². The summed E-state index contributed by atoms with van der Waals surface area (Å²) < 4.78 is 37.1. The SMILES string of the molecule is CNCc1oc2c(F)cc(F)cc2c1COC. The summed E-state index contributed by atoms with van der Waals surface area (Å²) in [6, 6.07) is 2.07. The molecule has 2 aromatic rings. The number of benzene rings is 1. The van der Waals surface area contributed by atoms with Gasteiger partial charge in [0.05, 0.1) is 13.2 Å². The number of furan rings is 1. The number of ether oxygens (including phenoxy) is 1. The molecule has 3 nitrogen and oxygen atoms in total. The van der Waals surface area contributed by atoms with E-state index in [1.807, 2.05) is 0 Å². The minimum Gasteiger partial charge on any atom is -0.456 e. The summed E-state index contributed by atoms with van der Waals surface area (Å²) in [4.78, 5) is 0. The lowest BCUT2D eigenvalue weighted by Gasteiger charge is -2.00. The molecule has 0 unspecified atom stereocenters. The van der Waals surface area contributed by atoms with Crippen molar-refractivity contribution in [2.45, 2.75) is 13.2 Å². The van der Waals surface area contributed by atoms with Crippen LogP contribution in [0.1, 0.15) is 11.3 Å². The van der Waals surface area contributed by atoms with E-state index in [-0.39, 0.29) is 12.2 Å². The third-order valence-electron chi connectivity index (χ3n) is 2.52. The molecular weight excluding hydrogens is 228 g/mol. The molecule has 0 atom stereocenters. The number of nitrogens with one attached hydrogen (secondary N) is 1. The first kappa shape index (κ1) is 12.0. The summed E-state index contributed by atoms with van der Waals surface area (Å²) in [5.74, 6) is -0.752. The van der Waals surface area contributed by atoms with Crippen LogP contribution in [0.25, 0.3) is 11.0 Å². The molecule has 17 heavy (non-hydrogen) atoms. The number of hydrogen-bond acceptors (Lipinski definition) is 3. The highest BCUT2D eigenvalue weighted by atomic mass is 19.1. The van der Waals surface area contributed by atoms with Crippen LogP contribution in [0.4, 0.5) is 8.78 Å². The Balaban J connectivity index is 2.66. The number of hydrogen-bond donors (Lipinski definition) is 1. The molecule has 92 valence electrons. The smallest absolute Gasteiger partial charge is 0.170 e. The highest BCUT2D eigenvalue weighted by molar-refractivity contribution is 5.82. The number of methoxy groups -OCH3 is 1. The second kappa shape index (κ2) is 4.81. The Bertz CT molecular complexity index is 537. The zero-order valence-electron chi connectivity index (χ0n) is 9.64. The highest BCUT2D eigenvalue weighted by Gasteiger charge is 2.17. The molecule has 0 radical (unpaired) electrons. The largest absolute Gasteiger partial charge is 0.456 e. The fraction of sp³-hybridized carbons (Fsp3) is 0.333. The van der Waals surface area contributed by atoms with Gasteiger partial charge in [-0.2, -0.15) is 0 Å². The molecule has 0 aliphatic heterocycles. The number of halogens is 2. The van der Waals surface area contributed by atoms with Gasteiger partial charge in [-0.15, -0.1) is 0 Å². The van der Waals surface area contributed by atoms with Crippen LogP contribution in [-0.4, -0.2) is 14.2 Å². The molecule has 1 heterocycles. The first-order valence-corrected chi connectivity index (χ1v) is 5.20. The lowest BCUT2D eigenvalue weighted by Crippen LogP contribution is -2.06. The minimum absolute atomic E-state index is 0.0729. The Kier molecular flexibility index (Phi) is 3.40. The maximum Gasteiger partial charge on any atom is 0.170 e. The van der Waals surface area contributed by atoms with E-state index < -0.39 is 11.6 Å². The summed E-state index contributed by atoms with van der Waals surface area (Å²) in [5, 5.41) is 3.34. The molecule has 5 heteroatoms. The molecule has 0 saturated heterocycles. The molecular formula is C12H13F2NO2. The summed E-state index contributed by atoms with van der Waals surface area (Å²) in [7, 11) is 3.28. The van der Waals surface area contributed by atoms with Crippen LogP contribution < -0.4 is 5.32 Å². The maximum absolute atomic E-state index is 13.5. The molecule has 0 bridgehead atoms. The van der Waals surface area contributed by atoms with Gasteiger partial charge in [0.1, 0.15) is 11.6 Å². The predicted octanol–water partition coefficient (Wildman–Crippen LogP) is 2.58. The molecule has 0 aliphatic carbocycles. The lowest BCUT2D eigenvalue weighted by molar-refractivity contribution is 0.183. The average Bonchev–Trinajstić information content (AvgIpc) is 2.59. The van der Waals surface area contributed by atoms with E-state index in [1.54, 1.807) is 7.05 Å². The first-order valence-electron chi connectivity index (χ1n) is 5.20. The average molecular weight is 241 g/mol. The van der Waals surface area contributed by atoms with E-state index in [0.717, 1.165) is 6.07 Å². The maximum atomic E-state index is 13.5. The van der Waals surface area contributed by atoms with Gasteiger partial charge in [0.2, 0.25) is 0 Å². The normalized spacial score (nSPS) is 11.3. The summed E-state index contributed by atoms with van der Waals surface area (Å²) in [5.41, 5.74) is 0.749. The molecule has 2 rings (SSSR count). The van der Waals surface area contributed by atoms with Gasteiger partial charge in [-0.1, -0.05) is 0 Å². The number of rotatable bonds is 4. The zero-order valence-corrected chi connectivity index (χ0v) is 9.64. The Labute approximate surface area is 97.4 Å². The molecule has 1 aromatic heterocycles. The van der Waals surface area contributed by atoms with Gasteiger partial charge in [-0.25, -0.2) is 8.78 Å². The molecule has 0 fully saturated rings. The Hall–Kier alpha value is -1.46. The predicted molar refractivity (Wildman–Crippen MR) is 59.6 cm³/mol. The minimum atomic E-state index is -0.695. The topological polar surface area (TPSA) is 34.4 Å². The van der Waals surface area contributed by atoms with Gasteiger partial charge < -0.3 is 14.5 Å². The van der Waals surface area contributed by atoms with Crippen molar-refractivity contribution >= 4 is 11.0 Å². The summed E-state index contributed by atoms with van der Waals surface area (Å²) >= 11 is 0. The van der Waals surface area contributed by atoms with Crippen LogP contribution in [0.15, 0.2) is 16.5 Å². The molecule has 0 amide bonds. The quantitative estimate of drug-likeness (QED) is 0.893. The van der Waals surface area contributed by atoms with Crippen molar-refractivity contribution in [2.24, 2.45) is 0 Å². The van der Waals surface area contributed by atoms with E-state index >= 15 is 0 Å². The zero-order chi connectivity index (χ0) is 12.4. The van der Waals surface area contributed by atoms with E-state index in [9.17, 15) is 8.78 Å². The van der Waals surface area contributed by atoms with Crippen molar-refractivity contribution in [3.05, 3.63) is 35.1 Å². The molecule has 1 N–H and O–H groups in total. The van der Waals surface area contributed by atoms with Gasteiger partial charge in [-0.3, -0.25) is 0 Å². The highest BCUT2D eigenvalue weighted by Crippen LogP contribution is 2.29. The van der Waals surface area contributed by atoms with Gasteiger partial charge in [-0.05, 0) is 13.1 Å². The Morgan fingerprint density at radius 2 is 2.12 bits per heavy atom. The van der Waals surface area contributed by atoms with Crippen LogP contribution in [0.2, 0.25) is 0 Å². The van der Waals surface area contributed by atoms with Crippen LogP contribution in [0.5, 0.6) is 0 Å². The Morgan fingerprint density at radius 3 is 2.76 bits per heavy atom. The van der Waals surface area contributed by atoms with E-state index in [0.29, 0.717) is 23.3 Å². The van der Waals surface area contributed by atoms with Gasteiger partial charge in [0.25, 0.3) is 0 Å². The first-order chi connectivity index (χ1) is 8.17. The van der Waals surface area contributed by atoms with Gasteiger partial charge in [0, 0.05) is 24.1 Å². The van der Waals surface area contributed by atoms with Crippen LogP contribution >= 0.6 is 0 Å². The standard InChI is InChI=1S/C12H13F2NO2/c1-15-5-11-9(6-16-2)8-3-7(13)4-10(14)12(8)17-11/h3-4,15H,5-6H2,1-2H3. The van der Waals surface area contributed by atoms with Gasteiger partial charge >= 0.3 is 0 Å². The van der Waals surface area contributed by atoms with Crippen molar-refractivity contribution in [3.63, 3.8) is 0 Å². The van der Waals surface area contributed by atoms with Gasteiger partial charge in [0.15, 0.2) is 11.4 Å². The molecule has 0 saturated carbocycles. The van der Waals surface area contributed by atoms with Crippen molar-refractivity contribution in [1.29, 1.82) is 0 Å². The fourth-order valence-electron chi connectivity index (χ4n) is 1.83. The Morgan fingerprint density at radius 1 is 1.35 bits per heavy atom. The lowest BCUT2D eigenvalue weighted by atomic mass is 10.1.